The average molecular weight is 340 g/mol. The van der Waals surface area contributed by atoms with Crippen LogP contribution in [0.2, 0.25) is 5.02 Å². The smallest absolute Gasteiger partial charge is 0.276 e. The molecule has 0 aliphatic heterocycles. The maximum Gasteiger partial charge on any atom is 0.276 e. The molecule has 0 saturated heterocycles. The van der Waals surface area contributed by atoms with Crippen molar-refractivity contribution in [2.45, 2.75) is 6.54 Å². The second-order valence-corrected chi connectivity index (χ2v) is 5.32. The molecule has 24 heavy (non-hydrogen) atoms. The Bertz CT molecular complexity index is 824. The summed E-state index contributed by atoms with van der Waals surface area (Å²) < 4.78 is 0. The highest BCUT2D eigenvalue weighted by molar-refractivity contribution is 6.33. The molecule has 0 unspecified atom stereocenters. The third-order valence-corrected chi connectivity index (χ3v) is 3.53. The zero-order valence-corrected chi connectivity index (χ0v) is 13.4. The Morgan fingerprint density at radius 3 is 2.54 bits per heavy atom. The maximum absolute atomic E-state index is 12.2. The zero-order valence-electron chi connectivity index (χ0n) is 12.6. The number of rotatable bonds is 5. The third kappa shape index (κ3) is 4.05. The van der Waals surface area contributed by atoms with Crippen LogP contribution in [0.4, 0.5) is 11.5 Å². The summed E-state index contributed by atoms with van der Waals surface area (Å²) >= 11 is 6.01. The average Bonchev–Trinajstić information content (AvgIpc) is 2.63. The highest BCUT2D eigenvalue weighted by Crippen LogP contribution is 2.20. The van der Waals surface area contributed by atoms with Gasteiger partial charge >= 0.3 is 0 Å². The first kappa shape index (κ1) is 15.9. The summed E-state index contributed by atoms with van der Waals surface area (Å²) in [6, 6.07) is 16.0. The summed E-state index contributed by atoms with van der Waals surface area (Å²) in [6.45, 7) is 0.528. The monoisotopic (exact) mass is 339 g/mol. The van der Waals surface area contributed by atoms with Crippen molar-refractivity contribution in [1.82, 2.24) is 15.2 Å². The number of halogens is 1. The number of nitrogens with zero attached hydrogens (tertiary/aromatic N) is 3. The van der Waals surface area contributed by atoms with Crippen molar-refractivity contribution >= 4 is 29.0 Å². The Kier molecular flexibility index (Phi) is 4.98. The normalized spacial score (nSPS) is 10.2. The third-order valence-electron chi connectivity index (χ3n) is 3.20. The first-order valence-electron chi connectivity index (χ1n) is 7.26. The van der Waals surface area contributed by atoms with Gasteiger partial charge in [0, 0.05) is 6.20 Å². The van der Waals surface area contributed by atoms with Crippen molar-refractivity contribution in [3.05, 3.63) is 77.2 Å². The molecule has 0 saturated carbocycles. The molecule has 0 bridgehead atoms. The van der Waals surface area contributed by atoms with Gasteiger partial charge in [0.05, 0.1) is 22.9 Å². The number of pyridine rings is 1. The van der Waals surface area contributed by atoms with Crippen LogP contribution in [0.15, 0.2) is 60.8 Å². The van der Waals surface area contributed by atoms with Gasteiger partial charge in [-0.1, -0.05) is 29.8 Å². The lowest BCUT2D eigenvalue weighted by molar-refractivity contribution is 0.102. The minimum Gasteiger partial charge on any atom is -0.363 e. The number of amides is 1. The number of para-hydroxylation sites is 1. The Balaban J connectivity index is 1.61. The summed E-state index contributed by atoms with van der Waals surface area (Å²) in [5.74, 6) is 0.196. The van der Waals surface area contributed by atoms with E-state index in [1.54, 1.807) is 42.6 Å². The van der Waals surface area contributed by atoms with Crippen molar-refractivity contribution in [3.63, 3.8) is 0 Å². The lowest BCUT2D eigenvalue weighted by Crippen LogP contribution is -2.15. The minimum absolute atomic E-state index is 0.207. The largest absolute Gasteiger partial charge is 0.363 e. The van der Waals surface area contributed by atoms with Gasteiger partial charge in [0.2, 0.25) is 0 Å². The van der Waals surface area contributed by atoms with Gasteiger partial charge in [-0.2, -0.15) is 0 Å². The highest BCUT2D eigenvalue weighted by atomic mass is 35.5. The second-order valence-electron chi connectivity index (χ2n) is 4.91. The number of hydrogen-bond donors (Lipinski definition) is 2. The quantitative estimate of drug-likeness (QED) is 0.744. The summed E-state index contributed by atoms with van der Waals surface area (Å²) in [5, 5.41) is 14.2. The molecule has 120 valence electrons. The standard InChI is InChI=1S/C17H14ClN5O/c18-13-6-1-2-7-14(13)21-17(24)15-8-9-16(23-22-15)20-11-12-5-3-4-10-19-12/h1-10H,11H2,(H,20,23)(H,21,24). The molecule has 1 aromatic carbocycles. The Morgan fingerprint density at radius 2 is 1.83 bits per heavy atom. The van der Waals surface area contributed by atoms with Crippen molar-refractivity contribution < 1.29 is 4.79 Å². The molecule has 7 heteroatoms. The van der Waals surface area contributed by atoms with Crippen LogP contribution >= 0.6 is 11.6 Å². The zero-order chi connectivity index (χ0) is 16.8. The molecule has 2 N–H and O–H groups in total. The van der Waals surface area contributed by atoms with E-state index in [2.05, 4.69) is 25.8 Å². The predicted molar refractivity (Wildman–Crippen MR) is 93.0 cm³/mol. The summed E-state index contributed by atoms with van der Waals surface area (Å²) in [6.07, 6.45) is 1.73. The molecular weight excluding hydrogens is 326 g/mol. The van der Waals surface area contributed by atoms with Crippen molar-refractivity contribution in [3.8, 4) is 0 Å². The molecule has 3 rings (SSSR count). The number of nitrogens with one attached hydrogen (secondary N) is 2. The van der Waals surface area contributed by atoms with E-state index in [4.69, 9.17) is 11.6 Å². The topological polar surface area (TPSA) is 79.8 Å². The highest BCUT2D eigenvalue weighted by Gasteiger charge is 2.10. The molecule has 0 atom stereocenters. The number of aromatic nitrogens is 3. The summed E-state index contributed by atoms with van der Waals surface area (Å²) in [7, 11) is 0. The Labute approximate surface area is 143 Å². The molecule has 0 aliphatic rings. The number of anilines is 2. The number of benzene rings is 1. The van der Waals surface area contributed by atoms with Crippen LogP contribution in [0, 0.1) is 0 Å². The lowest BCUT2D eigenvalue weighted by atomic mass is 10.3. The first-order valence-corrected chi connectivity index (χ1v) is 7.63. The van der Waals surface area contributed by atoms with E-state index in [9.17, 15) is 4.79 Å². The van der Waals surface area contributed by atoms with Crippen molar-refractivity contribution in [2.24, 2.45) is 0 Å². The summed E-state index contributed by atoms with van der Waals surface area (Å²) in [4.78, 5) is 16.4. The fraction of sp³-hybridized carbons (Fsp3) is 0.0588. The molecule has 0 aliphatic carbocycles. The fourth-order valence-electron chi connectivity index (χ4n) is 1.98. The molecule has 1 amide bonds. The van der Waals surface area contributed by atoms with Crippen molar-refractivity contribution in [1.29, 1.82) is 0 Å². The Morgan fingerprint density at radius 1 is 1.00 bits per heavy atom. The number of carbonyl (C=O) groups is 1. The van der Waals surface area contributed by atoms with Crippen LogP contribution in [-0.4, -0.2) is 21.1 Å². The van der Waals surface area contributed by atoms with E-state index in [1.165, 1.54) is 0 Å². The molecule has 0 radical (unpaired) electrons. The van der Waals surface area contributed by atoms with Gasteiger partial charge < -0.3 is 10.6 Å². The van der Waals surface area contributed by atoms with Crippen LogP contribution < -0.4 is 10.6 Å². The molecular formula is C17H14ClN5O. The van der Waals surface area contributed by atoms with Crippen LogP contribution in [0.3, 0.4) is 0 Å². The molecule has 2 aromatic heterocycles. The van der Waals surface area contributed by atoms with Crippen LogP contribution in [0.5, 0.6) is 0 Å². The first-order chi connectivity index (χ1) is 11.7. The number of hydrogen-bond acceptors (Lipinski definition) is 5. The van der Waals surface area contributed by atoms with Crippen molar-refractivity contribution in [2.75, 3.05) is 10.6 Å². The van der Waals surface area contributed by atoms with Gasteiger partial charge in [0.15, 0.2) is 5.69 Å². The van der Waals surface area contributed by atoms with Gasteiger partial charge in [-0.15, -0.1) is 10.2 Å². The SMILES string of the molecule is O=C(Nc1ccccc1Cl)c1ccc(NCc2ccccn2)nn1. The van der Waals surface area contributed by atoms with E-state index in [0.717, 1.165) is 5.69 Å². The van der Waals surface area contributed by atoms with Gasteiger partial charge in [-0.25, -0.2) is 0 Å². The molecule has 2 heterocycles. The number of carbonyl (C=O) groups excluding carboxylic acids is 1. The molecule has 6 nitrogen and oxygen atoms in total. The van der Waals surface area contributed by atoms with Gasteiger partial charge in [-0.3, -0.25) is 9.78 Å². The minimum atomic E-state index is -0.369. The van der Waals surface area contributed by atoms with Crippen LogP contribution in [0.25, 0.3) is 0 Å². The fourth-order valence-corrected chi connectivity index (χ4v) is 2.16. The van der Waals surface area contributed by atoms with E-state index in [0.29, 0.717) is 23.1 Å². The van der Waals surface area contributed by atoms with Crippen LogP contribution in [-0.2, 0) is 6.54 Å². The molecule has 0 fully saturated rings. The van der Waals surface area contributed by atoms with Crippen LogP contribution in [0.1, 0.15) is 16.2 Å². The lowest BCUT2D eigenvalue weighted by Gasteiger charge is -2.07. The maximum atomic E-state index is 12.2. The van der Waals surface area contributed by atoms with Gasteiger partial charge in [-0.05, 0) is 36.4 Å². The second kappa shape index (κ2) is 7.52. The molecule has 3 aromatic rings. The van der Waals surface area contributed by atoms with E-state index in [1.807, 2.05) is 18.2 Å². The molecule has 0 spiro atoms. The van der Waals surface area contributed by atoms with E-state index < -0.39 is 0 Å². The van der Waals surface area contributed by atoms with E-state index in [-0.39, 0.29) is 11.6 Å². The van der Waals surface area contributed by atoms with Gasteiger partial charge in [0.25, 0.3) is 5.91 Å². The van der Waals surface area contributed by atoms with E-state index >= 15 is 0 Å². The Hall–Kier alpha value is -2.99. The van der Waals surface area contributed by atoms with Gasteiger partial charge in [0.1, 0.15) is 5.82 Å². The predicted octanol–water partition coefficient (Wildman–Crippen LogP) is 3.39. The summed E-state index contributed by atoms with van der Waals surface area (Å²) in [5.41, 5.74) is 1.63.